The van der Waals surface area contributed by atoms with E-state index in [1.54, 1.807) is 0 Å². The molecule has 1 atom stereocenters. The third-order valence-electron chi connectivity index (χ3n) is 2.87. The average molecular weight is 264 g/mol. The number of piperidine rings is 1. The molecule has 7 nitrogen and oxygen atoms in total. The van der Waals surface area contributed by atoms with Crippen LogP contribution in [0.2, 0.25) is 0 Å². The highest BCUT2D eigenvalue weighted by Gasteiger charge is 2.27. The molecule has 19 heavy (non-hydrogen) atoms. The second kappa shape index (κ2) is 5.64. The van der Waals surface area contributed by atoms with Crippen LogP contribution in [0.5, 0.6) is 5.88 Å². The van der Waals surface area contributed by atoms with Crippen LogP contribution in [0, 0.1) is 6.92 Å². The Kier molecular flexibility index (Phi) is 3.94. The van der Waals surface area contributed by atoms with Crippen LogP contribution in [0.15, 0.2) is 6.33 Å². The van der Waals surface area contributed by atoms with Crippen LogP contribution < -0.4 is 15.4 Å². The van der Waals surface area contributed by atoms with E-state index in [4.69, 9.17) is 4.74 Å². The molecule has 1 unspecified atom stereocenters. The van der Waals surface area contributed by atoms with Gasteiger partial charge in [0, 0.05) is 6.42 Å². The molecule has 2 amide bonds. The zero-order valence-electron chi connectivity index (χ0n) is 10.9. The van der Waals surface area contributed by atoms with Gasteiger partial charge in [0.2, 0.25) is 17.7 Å². The molecule has 0 spiro atoms. The van der Waals surface area contributed by atoms with Gasteiger partial charge in [0.15, 0.2) is 0 Å². The van der Waals surface area contributed by atoms with E-state index in [0.29, 0.717) is 31.1 Å². The van der Waals surface area contributed by atoms with Gasteiger partial charge >= 0.3 is 0 Å². The Morgan fingerprint density at radius 2 is 2.26 bits per heavy atom. The minimum absolute atomic E-state index is 0.238. The normalized spacial score (nSPS) is 18.9. The summed E-state index contributed by atoms with van der Waals surface area (Å²) in [4.78, 5) is 30.9. The first-order valence-electron chi connectivity index (χ1n) is 6.16. The highest BCUT2D eigenvalue weighted by Crippen LogP contribution is 2.22. The van der Waals surface area contributed by atoms with Gasteiger partial charge < -0.3 is 10.1 Å². The number of aromatic nitrogens is 2. The molecule has 2 N–H and O–H groups in total. The summed E-state index contributed by atoms with van der Waals surface area (Å²) in [6.07, 6.45) is 2.16. The van der Waals surface area contributed by atoms with Crippen molar-refractivity contribution in [1.29, 1.82) is 0 Å². The predicted molar refractivity (Wildman–Crippen MR) is 67.7 cm³/mol. The van der Waals surface area contributed by atoms with Crippen LogP contribution >= 0.6 is 0 Å². The van der Waals surface area contributed by atoms with Crippen molar-refractivity contribution in [1.82, 2.24) is 15.3 Å². The Hall–Kier alpha value is -2.18. The van der Waals surface area contributed by atoms with Crippen molar-refractivity contribution in [3.63, 3.8) is 0 Å². The van der Waals surface area contributed by atoms with Crippen LogP contribution in [0.25, 0.3) is 0 Å². The van der Waals surface area contributed by atoms with E-state index in [2.05, 4.69) is 20.6 Å². The van der Waals surface area contributed by atoms with Crippen molar-refractivity contribution < 1.29 is 14.3 Å². The molecular formula is C12H16N4O3. The van der Waals surface area contributed by atoms with Crippen molar-refractivity contribution in [2.45, 2.75) is 32.7 Å². The summed E-state index contributed by atoms with van der Waals surface area (Å²) < 4.78 is 5.36. The molecule has 2 heterocycles. The summed E-state index contributed by atoms with van der Waals surface area (Å²) in [5, 5.41) is 5.32. The zero-order chi connectivity index (χ0) is 13.8. The van der Waals surface area contributed by atoms with Crippen LogP contribution in [0.4, 0.5) is 5.82 Å². The topological polar surface area (TPSA) is 93.2 Å². The lowest BCUT2D eigenvalue weighted by Crippen LogP contribution is -2.47. The van der Waals surface area contributed by atoms with E-state index in [0.717, 1.165) is 5.56 Å². The number of hydrogen-bond donors (Lipinski definition) is 2. The molecule has 0 aromatic carbocycles. The monoisotopic (exact) mass is 264 g/mol. The minimum Gasteiger partial charge on any atom is -0.478 e. The summed E-state index contributed by atoms with van der Waals surface area (Å²) in [6.45, 7) is 4.20. The Balaban J connectivity index is 2.13. The highest BCUT2D eigenvalue weighted by molar-refractivity contribution is 6.01. The third-order valence-corrected chi connectivity index (χ3v) is 2.87. The number of ether oxygens (including phenoxy) is 1. The lowest BCUT2D eigenvalue weighted by Gasteiger charge is -2.23. The molecule has 1 aromatic rings. The maximum atomic E-state index is 11.7. The fourth-order valence-electron chi connectivity index (χ4n) is 1.86. The number of nitrogens with zero attached hydrogens (tertiary/aromatic N) is 2. The van der Waals surface area contributed by atoms with Crippen molar-refractivity contribution in [3.05, 3.63) is 11.9 Å². The van der Waals surface area contributed by atoms with Gasteiger partial charge in [-0.05, 0) is 20.3 Å². The summed E-state index contributed by atoms with van der Waals surface area (Å²) in [5.41, 5.74) is 0.744. The SMILES string of the molecule is CCOc1ncnc(NC2CCC(=O)NC2=O)c1C. The van der Waals surface area contributed by atoms with Crippen molar-refractivity contribution in [2.24, 2.45) is 0 Å². The van der Waals surface area contributed by atoms with Crippen LogP contribution in [0.3, 0.4) is 0 Å². The number of rotatable bonds is 4. The Morgan fingerprint density at radius 3 is 2.95 bits per heavy atom. The standard InChI is InChI=1S/C12H16N4O3/c1-3-19-12-7(2)10(13-6-14-12)15-8-4-5-9(17)16-11(8)18/h6,8H,3-5H2,1-2H3,(H,13,14,15)(H,16,17,18). The van der Waals surface area contributed by atoms with Gasteiger partial charge in [-0.25, -0.2) is 9.97 Å². The number of hydrogen-bond acceptors (Lipinski definition) is 6. The maximum absolute atomic E-state index is 11.7. The number of imide groups is 1. The van der Waals surface area contributed by atoms with E-state index < -0.39 is 6.04 Å². The Labute approximate surface area is 110 Å². The summed E-state index contributed by atoms with van der Waals surface area (Å²) in [6, 6.07) is -0.458. The van der Waals surface area contributed by atoms with Gasteiger partial charge in [0.1, 0.15) is 18.2 Å². The second-order valence-corrected chi connectivity index (χ2v) is 4.23. The Morgan fingerprint density at radius 1 is 1.47 bits per heavy atom. The largest absolute Gasteiger partial charge is 0.478 e. The fourth-order valence-corrected chi connectivity index (χ4v) is 1.86. The van der Waals surface area contributed by atoms with Crippen molar-refractivity contribution >= 4 is 17.6 Å². The molecule has 102 valence electrons. The van der Waals surface area contributed by atoms with Gasteiger partial charge in [-0.3, -0.25) is 14.9 Å². The smallest absolute Gasteiger partial charge is 0.249 e. The first-order valence-corrected chi connectivity index (χ1v) is 6.16. The fraction of sp³-hybridized carbons (Fsp3) is 0.500. The van der Waals surface area contributed by atoms with E-state index in [9.17, 15) is 9.59 Å². The minimum atomic E-state index is -0.458. The summed E-state index contributed by atoms with van der Waals surface area (Å²) in [5.74, 6) is 0.477. The Bertz CT molecular complexity index is 504. The number of nitrogens with one attached hydrogen (secondary N) is 2. The van der Waals surface area contributed by atoms with E-state index >= 15 is 0 Å². The number of amides is 2. The molecule has 1 aliphatic rings. The van der Waals surface area contributed by atoms with Gasteiger partial charge in [0.05, 0.1) is 12.2 Å². The van der Waals surface area contributed by atoms with Gasteiger partial charge in [-0.2, -0.15) is 0 Å². The quantitative estimate of drug-likeness (QED) is 0.765. The van der Waals surface area contributed by atoms with Crippen molar-refractivity contribution in [3.8, 4) is 5.88 Å². The van der Waals surface area contributed by atoms with Crippen LogP contribution in [0.1, 0.15) is 25.3 Å². The zero-order valence-corrected chi connectivity index (χ0v) is 10.9. The number of carbonyl (C=O) groups excluding carboxylic acids is 2. The van der Waals surface area contributed by atoms with E-state index in [-0.39, 0.29) is 11.8 Å². The molecule has 0 radical (unpaired) electrons. The summed E-state index contributed by atoms with van der Waals surface area (Å²) in [7, 11) is 0. The molecule has 1 aliphatic heterocycles. The summed E-state index contributed by atoms with van der Waals surface area (Å²) >= 11 is 0. The number of anilines is 1. The molecule has 1 aromatic heterocycles. The van der Waals surface area contributed by atoms with Crippen molar-refractivity contribution in [2.75, 3.05) is 11.9 Å². The molecule has 0 aliphatic carbocycles. The van der Waals surface area contributed by atoms with Gasteiger partial charge in [0.25, 0.3) is 0 Å². The number of carbonyl (C=O) groups is 2. The first-order chi connectivity index (χ1) is 9.11. The maximum Gasteiger partial charge on any atom is 0.249 e. The molecule has 2 rings (SSSR count). The van der Waals surface area contributed by atoms with Crippen LogP contribution in [-0.2, 0) is 9.59 Å². The first kappa shape index (κ1) is 13.3. The molecular weight excluding hydrogens is 248 g/mol. The molecule has 0 saturated carbocycles. The molecule has 0 bridgehead atoms. The molecule has 1 fully saturated rings. The lowest BCUT2D eigenvalue weighted by molar-refractivity contribution is -0.133. The second-order valence-electron chi connectivity index (χ2n) is 4.23. The average Bonchev–Trinajstić information content (AvgIpc) is 2.37. The third kappa shape index (κ3) is 2.98. The lowest BCUT2D eigenvalue weighted by atomic mass is 10.1. The molecule has 1 saturated heterocycles. The van der Waals surface area contributed by atoms with E-state index in [1.807, 2.05) is 13.8 Å². The molecule has 7 heteroatoms. The van der Waals surface area contributed by atoms with E-state index in [1.165, 1.54) is 6.33 Å². The van der Waals surface area contributed by atoms with Crippen LogP contribution in [-0.4, -0.2) is 34.4 Å². The van der Waals surface area contributed by atoms with Gasteiger partial charge in [-0.1, -0.05) is 0 Å². The predicted octanol–water partition coefficient (Wildman–Crippen LogP) is 0.401. The van der Waals surface area contributed by atoms with Gasteiger partial charge in [-0.15, -0.1) is 0 Å². The highest BCUT2D eigenvalue weighted by atomic mass is 16.5.